The summed E-state index contributed by atoms with van der Waals surface area (Å²) in [4.78, 5) is 0. The highest BCUT2D eigenvalue weighted by Crippen LogP contribution is 2.62. The van der Waals surface area contributed by atoms with Crippen molar-refractivity contribution >= 4 is 0 Å². The van der Waals surface area contributed by atoms with Crippen LogP contribution in [0.4, 0.5) is 0 Å². The first-order valence-electron chi connectivity index (χ1n) is 18.8. The number of para-hydroxylation sites is 1. The van der Waals surface area contributed by atoms with Gasteiger partial charge in [0.05, 0.1) is 5.41 Å². The van der Waals surface area contributed by atoms with E-state index in [4.69, 9.17) is 9.15 Å². The minimum atomic E-state index is -0.490. The van der Waals surface area contributed by atoms with Gasteiger partial charge < -0.3 is 9.15 Å². The van der Waals surface area contributed by atoms with Crippen molar-refractivity contribution in [3.63, 3.8) is 0 Å². The predicted octanol–water partition coefficient (Wildman–Crippen LogP) is 14.1. The molecule has 1 spiro atoms. The Hall–Kier alpha value is -7.16. The third-order valence-corrected chi connectivity index (χ3v) is 11.5. The Kier molecular flexibility index (Phi) is 7.11. The molecular formula is C53H34O2. The van der Waals surface area contributed by atoms with Crippen molar-refractivity contribution in [3.05, 3.63) is 229 Å². The molecule has 2 aliphatic rings. The van der Waals surface area contributed by atoms with Crippen LogP contribution in [-0.4, -0.2) is 0 Å². The Morgan fingerprint density at radius 3 is 1.38 bits per heavy atom. The van der Waals surface area contributed by atoms with E-state index in [1.165, 1.54) is 44.5 Å². The van der Waals surface area contributed by atoms with Crippen molar-refractivity contribution in [2.45, 2.75) is 5.41 Å². The third kappa shape index (κ3) is 4.75. The van der Waals surface area contributed by atoms with Crippen LogP contribution in [0.5, 0.6) is 11.5 Å². The summed E-state index contributed by atoms with van der Waals surface area (Å²) in [7, 11) is 0. The number of ether oxygens (including phenoxy) is 1. The van der Waals surface area contributed by atoms with Crippen molar-refractivity contribution < 1.29 is 9.15 Å². The molecule has 0 unspecified atom stereocenters. The Balaban J connectivity index is 1.02. The van der Waals surface area contributed by atoms with Crippen molar-refractivity contribution in [2.75, 3.05) is 0 Å². The molecule has 2 heterocycles. The van der Waals surface area contributed by atoms with E-state index in [9.17, 15) is 0 Å². The molecule has 8 aromatic carbocycles. The van der Waals surface area contributed by atoms with Crippen molar-refractivity contribution in [2.24, 2.45) is 0 Å². The van der Waals surface area contributed by atoms with E-state index in [0.29, 0.717) is 0 Å². The van der Waals surface area contributed by atoms with Gasteiger partial charge in [-0.1, -0.05) is 182 Å². The lowest BCUT2D eigenvalue weighted by Crippen LogP contribution is -2.32. The van der Waals surface area contributed by atoms with Crippen LogP contribution >= 0.6 is 0 Å². The molecule has 11 rings (SSSR count). The average molecular weight is 703 g/mol. The lowest BCUT2D eigenvalue weighted by Gasteiger charge is -2.39. The summed E-state index contributed by atoms with van der Waals surface area (Å²) < 4.78 is 13.6. The van der Waals surface area contributed by atoms with Gasteiger partial charge in [-0.2, -0.15) is 0 Å². The quantitative estimate of drug-likeness (QED) is 0.178. The first kappa shape index (κ1) is 31.4. The zero-order valence-corrected chi connectivity index (χ0v) is 29.9. The topological polar surface area (TPSA) is 22.4 Å². The molecule has 0 saturated heterocycles. The van der Waals surface area contributed by atoms with Crippen LogP contribution < -0.4 is 4.74 Å². The normalized spacial score (nSPS) is 13.0. The van der Waals surface area contributed by atoms with E-state index in [1.54, 1.807) is 0 Å². The number of hydrogen-bond acceptors (Lipinski definition) is 2. The van der Waals surface area contributed by atoms with Crippen LogP contribution in [0.1, 0.15) is 22.3 Å². The highest BCUT2D eigenvalue weighted by molar-refractivity contribution is 5.95. The maximum atomic E-state index is 6.79. The summed E-state index contributed by atoms with van der Waals surface area (Å²) in [5, 5.41) is 0. The van der Waals surface area contributed by atoms with Gasteiger partial charge >= 0.3 is 0 Å². The molecule has 0 saturated carbocycles. The summed E-state index contributed by atoms with van der Waals surface area (Å²) in [5.74, 6) is 3.32. The standard InChI is InChI=1S/C53H34O2/c1-2-16-35(17-3-1)37-18-4-5-19-38(37)39-20-6-7-21-40(39)41-22-8-9-25-44(41)50-33-32-49(54-50)36-30-31-48-52(34-36)55-51-29-15-14-28-47(51)53(48)45-26-12-10-23-42(45)43-24-11-13-27-46(43)53/h1-34H. The van der Waals surface area contributed by atoms with E-state index in [1.807, 2.05) is 0 Å². The Labute approximate surface area is 320 Å². The van der Waals surface area contributed by atoms with Gasteiger partial charge in [0.15, 0.2) is 0 Å². The van der Waals surface area contributed by atoms with Crippen molar-refractivity contribution in [1.82, 2.24) is 0 Å². The number of rotatable bonds is 5. The molecule has 1 aliphatic heterocycles. The van der Waals surface area contributed by atoms with Crippen LogP contribution in [0.15, 0.2) is 211 Å². The van der Waals surface area contributed by atoms with E-state index >= 15 is 0 Å². The van der Waals surface area contributed by atoms with Gasteiger partial charge in [0, 0.05) is 22.3 Å². The monoisotopic (exact) mass is 702 g/mol. The second kappa shape index (κ2) is 12.5. The van der Waals surface area contributed by atoms with E-state index in [2.05, 4.69) is 206 Å². The van der Waals surface area contributed by atoms with Crippen molar-refractivity contribution in [1.29, 1.82) is 0 Å². The zero-order chi connectivity index (χ0) is 36.3. The van der Waals surface area contributed by atoms with Gasteiger partial charge in [0.2, 0.25) is 0 Å². The van der Waals surface area contributed by atoms with E-state index in [-0.39, 0.29) is 0 Å². The summed E-state index contributed by atoms with van der Waals surface area (Å²) in [6, 6.07) is 73.4. The SMILES string of the molecule is c1ccc(-c2ccccc2-c2ccccc2-c2ccccc2-c2ccc(-c3ccc4c(c3)Oc3ccccc3C43c4ccccc4-c4ccccc43)o2)cc1. The molecule has 55 heavy (non-hydrogen) atoms. The summed E-state index contributed by atoms with van der Waals surface area (Å²) >= 11 is 0. The lowest BCUT2D eigenvalue weighted by molar-refractivity contribution is 0.436. The second-order valence-corrected chi connectivity index (χ2v) is 14.3. The number of fused-ring (bicyclic) bond motifs is 9. The largest absolute Gasteiger partial charge is 0.457 e. The first-order valence-corrected chi connectivity index (χ1v) is 18.8. The lowest BCUT2D eigenvalue weighted by atomic mass is 9.66. The van der Waals surface area contributed by atoms with Crippen LogP contribution in [0.25, 0.3) is 67.2 Å². The molecule has 2 nitrogen and oxygen atoms in total. The van der Waals surface area contributed by atoms with Gasteiger partial charge in [-0.3, -0.25) is 0 Å². The molecule has 2 heteroatoms. The highest BCUT2D eigenvalue weighted by atomic mass is 16.5. The Morgan fingerprint density at radius 1 is 0.273 bits per heavy atom. The van der Waals surface area contributed by atoms with Gasteiger partial charge in [-0.15, -0.1) is 0 Å². The molecule has 9 aromatic rings. The fourth-order valence-electron chi connectivity index (χ4n) is 9.13. The fraction of sp³-hybridized carbons (Fsp3) is 0.0189. The van der Waals surface area contributed by atoms with Crippen molar-refractivity contribution in [3.8, 4) is 78.7 Å². The van der Waals surface area contributed by atoms with Gasteiger partial charge in [0.25, 0.3) is 0 Å². The Bertz CT molecular complexity index is 2870. The first-order chi connectivity index (χ1) is 27.3. The van der Waals surface area contributed by atoms with Crippen LogP contribution in [0, 0.1) is 0 Å². The Morgan fingerprint density at radius 2 is 0.727 bits per heavy atom. The molecule has 1 aliphatic carbocycles. The van der Waals surface area contributed by atoms with Gasteiger partial charge in [-0.05, 0) is 79.9 Å². The molecule has 0 bridgehead atoms. The fourth-order valence-corrected chi connectivity index (χ4v) is 9.13. The highest BCUT2D eigenvalue weighted by Gasteiger charge is 2.50. The number of hydrogen-bond donors (Lipinski definition) is 0. The summed E-state index contributed by atoms with van der Waals surface area (Å²) in [5.41, 5.74) is 16.0. The summed E-state index contributed by atoms with van der Waals surface area (Å²) in [6.07, 6.45) is 0. The molecule has 0 amide bonds. The smallest absolute Gasteiger partial charge is 0.135 e. The molecule has 0 N–H and O–H groups in total. The van der Waals surface area contributed by atoms with Crippen LogP contribution in [0.2, 0.25) is 0 Å². The van der Waals surface area contributed by atoms with Gasteiger partial charge in [-0.25, -0.2) is 0 Å². The van der Waals surface area contributed by atoms with E-state index in [0.717, 1.165) is 56.4 Å². The molecule has 0 fully saturated rings. The molecule has 1 aromatic heterocycles. The van der Waals surface area contributed by atoms with Gasteiger partial charge in [0.1, 0.15) is 23.0 Å². The van der Waals surface area contributed by atoms with Crippen LogP contribution in [0.3, 0.4) is 0 Å². The number of furan rings is 1. The number of benzene rings is 8. The molecule has 0 atom stereocenters. The molecule has 258 valence electrons. The zero-order valence-electron chi connectivity index (χ0n) is 29.9. The minimum absolute atomic E-state index is 0.490. The molecular weight excluding hydrogens is 669 g/mol. The van der Waals surface area contributed by atoms with Crippen LogP contribution in [-0.2, 0) is 5.41 Å². The summed E-state index contributed by atoms with van der Waals surface area (Å²) in [6.45, 7) is 0. The minimum Gasteiger partial charge on any atom is -0.457 e. The second-order valence-electron chi connectivity index (χ2n) is 14.3. The van der Waals surface area contributed by atoms with E-state index < -0.39 is 5.41 Å². The third-order valence-electron chi connectivity index (χ3n) is 11.5. The predicted molar refractivity (Wildman–Crippen MR) is 223 cm³/mol. The maximum absolute atomic E-state index is 6.79. The maximum Gasteiger partial charge on any atom is 0.135 e. The molecule has 0 radical (unpaired) electrons. The average Bonchev–Trinajstić information content (AvgIpc) is 3.87.